The number of benzene rings is 1. The number of hydrogen-bond acceptors (Lipinski definition) is 6. The zero-order valence-corrected chi connectivity index (χ0v) is 15.2. The van der Waals surface area contributed by atoms with Gasteiger partial charge in [0.25, 0.3) is 0 Å². The Bertz CT molecular complexity index is 744. The number of nitrogens with one attached hydrogen (secondary N) is 2. The van der Waals surface area contributed by atoms with Crippen LogP contribution in [-0.4, -0.2) is 42.7 Å². The minimum Gasteiger partial charge on any atom is -0.383 e. The monoisotopic (exact) mass is 357 g/mol. The number of amides is 1. The van der Waals surface area contributed by atoms with Gasteiger partial charge in [-0.15, -0.1) is 0 Å². The molecule has 0 saturated heterocycles. The van der Waals surface area contributed by atoms with Gasteiger partial charge in [0.05, 0.1) is 12.1 Å². The van der Waals surface area contributed by atoms with Crippen molar-refractivity contribution in [2.24, 2.45) is 17.6 Å². The standard InChI is InChI=1S/C19H27N5O2/c1-26-11-10-21-18-15-4-2-3-5-16(15)23-19(24-18)22-12-13-6-8-14(9-7-13)17(20)25/h2-5,13-14H,6-12H2,1H3,(H2,20,25)(H2,21,22,23,24). The smallest absolute Gasteiger partial charge is 0.225 e. The highest BCUT2D eigenvalue weighted by molar-refractivity contribution is 5.90. The van der Waals surface area contributed by atoms with Gasteiger partial charge in [0.1, 0.15) is 5.82 Å². The first-order valence-corrected chi connectivity index (χ1v) is 9.20. The number of anilines is 2. The Labute approximate surface area is 153 Å². The highest BCUT2D eigenvalue weighted by Gasteiger charge is 2.24. The second-order valence-corrected chi connectivity index (χ2v) is 6.83. The van der Waals surface area contributed by atoms with Gasteiger partial charge in [-0.2, -0.15) is 4.98 Å². The fraction of sp³-hybridized carbons (Fsp3) is 0.526. The first-order chi connectivity index (χ1) is 12.7. The zero-order chi connectivity index (χ0) is 18.4. The van der Waals surface area contributed by atoms with Gasteiger partial charge in [-0.05, 0) is 43.7 Å². The van der Waals surface area contributed by atoms with E-state index in [2.05, 4.69) is 20.6 Å². The Morgan fingerprint density at radius 3 is 2.69 bits per heavy atom. The van der Waals surface area contributed by atoms with Crippen LogP contribution in [0.25, 0.3) is 10.9 Å². The van der Waals surface area contributed by atoms with Crippen molar-refractivity contribution in [3.63, 3.8) is 0 Å². The van der Waals surface area contributed by atoms with Gasteiger partial charge in [-0.25, -0.2) is 4.98 Å². The number of aromatic nitrogens is 2. The molecule has 1 aromatic carbocycles. The number of methoxy groups -OCH3 is 1. The summed E-state index contributed by atoms with van der Waals surface area (Å²) in [7, 11) is 1.68. The number of ether oxygens (including phenoxy) is 1. The van der Waals surface area contributed by atoms with Gasteiger partial charge in [0.2, 0.25) is 11.9 Å². The van der Waals surface area contributed by atoms with Crippen molar-refractivity contribution in [1.29, 1.82) is 0 Å². The maximum absolute atomic E-state index is 11.3. The van der Waals surface area contributed by atoms with Crippen molar-refractivity contribution in [1.82, 2.24) is 9.97 Å². The number of carbonyl (C=O) groups excluding carboxylic acids is 1. The molecule has 4 N–H and O–H groups in total. The summed E-state index contributed by atoms with van der Waals surface area (Å²) in [5.41, 5.74) is 6.31. The van der Waals surface area contributed by atoms with Gasteiger partial charge in [0, 0.05) is 31.5 Å². The van der Waals surface area contributed by atoms with E-state index in [0.717, 1.165) is 48.9 Å². The Morgan fingerprint density at radius 1 is 1.19 bits per heavy atom. The third-order valence-corrected chi connectivity index (χ3v) is 5.00. The number of para-hydroxylation sites is 1. The molecule has 7 nitrogen and oxygen atoms in total. The van der Waals surface area contributed by atoms with Crippen LogP contribution in [-0.2, 0) is 9.53 Å². The van der Waals surface area contributed by atoms with E-state index < -0.39 is 0 Å². The van der Waals surface area contributed by atoms with Crippen LogP contribution in [0.4, 0.5) is 11.8 Å². The number of nitrogens with two attached hydrogens (primary N) is 1. The molecule has 2 aromatic rings. The van der Waals surface area contributed by atoms with Crippen LogP contribution < -0.4 is 16.4 Å². The Hall–Kier alpha value is -2.41. The molecule has 1 aromatic heterocycles. The average molecular weight is 357 g/mol. The normalized spacial score (nSPS) is 20.0. The molecule has 0 aliphatic heterocycles. The molecule has 1 saturated carbocycles. The van der Waals surface area contributed by atoms with Crippen LogP contribution in [0, 0.1) is 11.8 Å². The van der Waals surface area contributed by atoms with Crippen LogP contribution >= 0.6 is 0 Å². The molecule has 0 bridgehead atoms. The van der Waals surface area contributed by atoms with Gasteiger partial charge < -0.3 is 21.1 Å². The number of rotatable bonds is 8. The van der Waals surface area contributed by atoms with E-state index in [4.69, 9.17) is 10.5 Å². The number of fused-ring (bicyclic) bond motifs is 1. The Kier molecular flexibility index (Phi) is 6.22. The molecule has 1 aliphatic rings. The second kappa shape index (κ2) is 8.80. The molecule has 0 spiro atoms. The SMILES string of the molecule is COCCNc1nc(NCC2CCC(C(N)=O)CC2)nc2ccccc12. The van der Waals surface area contributed by atoms with Gasteiger partial charge >= 0.3 is 0 Å². The number of primary amides is 1. The number of hydrogen-bond donors (Lipinski definition) is 3. The molecule has 140 valence electrons. The first kappa shape index (κ1) is 18.4. The summed E-state index contributed by atoms with van der Waals surface area (Å²) in [6.45, 7) is 2.11. The molecule has 0 atom stereocenters. The van der Waals surface area contributed by atoms with Crippen LogP contribution in [0.2, 0.25) is 0 Å². The first-order valence-electron chi connectivity index (χ1n) is 9.20. The van der Waals surface area contributed by atoms with E-state index >= 15 is 0 Å². The lowest BCUT2D eigenvalue weighted by Crippen LogP contribution is -2.29. The van der Waals surface area contributed by atoms with E-state index in [1.807, 2.05) is 24.3 Å². The number of carbonyl (C=O) groups is 1. The fourth-order valence-electron chi connectivity index (χ4n) is 3.45. The highest BCUT2D eigenvalue weighted by atomic mass is 16.5. The fourth-order valence-corrected chi connectivity index (χ4v) is 3.45. The van der Waals surface area contributed by atoms with Crippen molar-refractivity contribution in [3.05, 3.63) is 24.3 Å². The summed E-state index contributed by atoms with van der Waals surface area (Å²) in [4.78, 5) is 20.5. The summed E-state index contributed by atoms with van der Waals surface area (Å²) in [6.07, 6.45) is 3.77. The van der Waals surface area contributed by atoms with E-state index in [-0.39, 0.29) is 11.8 Å². The van der Waals surface area contributed by atoms with Crippen LogP contribution in [0.5, 0.6) is 0 Å². The molecule has 1 fully saturated rings. The van der Waals surface area contributed by atoms with Crippen molar-refractivity contribution in [2.45, 2.75) is 25.7 Å². The lowest BCUT2D eigenvalue weighted by atomic mass is 9.82. The predicted octanol–water partition coefficient (Wildman–Crippen LogP) is 2.39. The second-order valence-electron chi connectivity index (χ2n) is 6.83. The van der Waals surface area contributed by atoms with Crippen molar-refractivity contribution >= 4 is 28.6 Å². The van der Waals surface area contributed by atoms with E-state index in [1.165, 1.54) is 0 Å². The number of nitrogens with zero attached hydrogens (tertiary/aromatic N) is 2. The maximum atomic E-state index is 11.3. The summed E-state index contributed by atoms with van der Waals surface area (Å²) in [5, 5.41) is 7.69. The van der Waals surface area contributed by atoms with E-state index in [1.54, 1.807) is 7.11 Å². The Morgan fingerprint density at radius 2 is 1.96 bits per heavy atom. The molecule has 0 radical (unpaired) electrons. The van der Waals surface area contributed by atoms with Crippen molar-refractivity contribution < 1.29 is 9.53 Å². The quantitative estimate of drug-likeness (QED) is 0.627. The van der Waals surface area contributed by atoms with Crippen LogP contribution in [0.1, 0.15) is 25.7 Å². The molecular formula is C19H27N5O2. The Balaban J connectivity index is 1.65. The largest absolute Gasteiger partial charge is 0.383 e. The summed E-state index contributed by atoms with van der Waals surface area (Å²) >= 11 is 0. The molecule has 1 heterocycles. The van der Waals surface area contributed by atoms with Crippen LogP contribution in [0.15, 0.2) is 24.3 Å². The lowest BCUT2D eigenvalue weighted by Gasteiger charge is -2.26. The summed E-state index contributed by atoms with van der Waals surface area (Å²) in [5.74, 6) is 1.83. The third kappa shape index (κ3) is 4.60. The molecule has 26 heavy (non-hydrogen) atoms. The summed E-state index contributed by atoms with van der Waals surface area (Å²) in [6, 6.07) is 7.96. The van der Waals surface area contributed by atoms with Crippen molar-refractivity contribution in [3.8, 4) is 0 Å². The van der Waals surface area contributed by atoms with Gasteiger partial charge in [-0.3, -0.25) is 4.79 Å². The maximum Gasteiger partial charge on any atom is 0.225 e. The minimum absolute atomic E-state index is 0.0414. The third-order valence-electron chi connectivity index (χ3n) is 5.00. The zero-order valence-electron chi connectivity index (χ0n) is 15.2. The minimum atomic E-state index is -0.166. The predicted molar refractivity (Wildman–Crippen MR) is 103 cm³/mol. The van der Waals surface area contributed by atoms with E-state index in [9.17, 15) is 4.79 Å². The van der Waals surface area contributed by atoms with Gasteiger partial charge in [-0.1, -0.05) is 12.1 Å². The van der Waals surface area contributed by atoms with Gasteiger partial charge in [0.15, 0.2) is 0 Å². The molecule has 7 heteroatoms. The summed E-state index contributed by atoms with van der Waals surface area (Å²) < 4.78 is 5.10. The molecule has 0 unspecified atom stereocenters. The van der Waals surface area contributed by atoms with Crippen molar-refractivity contribution in [2.75, 3.05) is 37.4 Å². The van der Waals surface area contributed by atoms with Crippen LogP contribution in [0.3, 0.4) is 0 Å². The molecular weight excluding hydrogens is 330 g/mol. The molecule has 1 amide bonds. The highest BCUT2D eigenvalue weighted by Crippen LogP contribution is 2.29. The molecule has 3 rings (SSSR count). The topological polar surface area (TPSA) is 102 Å². The average Bonchev–Trinajstić information content (AvgIpc) is 2.67. The lowest BCUT2D eigenvalue weighted by molar-refractivity contribution is -0.122. The molecule has 1 aliphatic carbocycles. The van der Waals surface area contributed by atoms with E-state index in [0.29, 0.717) is 25.0 Å².